The minimum atomic E-state index is -0.485. The zero-order chi connectivity index (χ0) is 9.40. The summed E-state index contributed by atoms with van der Waals surface area (Å²) in [6.45, 7) is 4.00. The Morgan fingerprint density at radius 2 is 1.83 bits per heavy atom. The van der Waals surface area contributed by atoms with Crippen molar-refractivity contribution in [3.05, 3.63) is 35.9 Å². The smallest absolute Gasteiger partial charge is 0.118 e. The predicted octanol–water partition coefficient (Wildman–Crippen LogP) is 2.48. The van der Waals surface area contributed by atoms with Gasteiger partial charge in [0, 0.05) is 1.43 Å². The molecule has 0 heterocycles. The molecule has 0 aliphatic rings. The molecular weight excluding hydrogens is 148 g/mol. The third-order valence-corrected chi connectivity index (χ3v) is 1.30. The van der Waals surface area contributed by atoms with Crippen LogP contribution in [0.25, 0.3) is 0 Å². The highest BCUT2D eigenvalue weighted by Crippen LogP contribution is 2.06. The number of nitrogens with zero attached hydrogens (tertiary/aromatic N) is 1. The second kappa shape index (κ2) is 6.38. The molecule has 0 amide bonds. The average Bonchev–Trinajstić information content (AvgIpc) is 2.21. The zero-order valence-electron chi connectivity index (χ0n) is 7.49. The molecule has 1 aromatic rings. The van der Waals surface area contributed by atoms with Crippen molar-refractivity contribution in [2.45, 2.75) is 19.9 Å². The molecule has 1 rings (SSSR count). The van der Waals surface area contributed by atoms with Crippen LogP contribution in [0.15, 0.2) is 30.3 Å². The highest BCUT2D eigenvalue weighted by atomic mass is 14.6. The summed E-state index contributed by atoms with van der Waals surface area (Å²) in [6.07, 6.45) is 0. The summed E-state index contributed by atoms with van der Waals surface area (Å²) in [7, 11) is 0. The highest BCUT2D eigenvalue weighted by molar-refractivity contribution is 5.22. The summed E-state index contributed by atoms with van der Waals surface area (Å²) in [4.78, 5) is 0. The van der Waals surface area contributed by atoms with Gasteiger partial charge in [0.05, 0.1) is 6.07 Å². The molecule has 0 saturated carbocycles. The van der Waals surface area contributed by atoms with Crippen molar-refractivity contribution < 1.29 is 1.43 Å². The minimum Gasteiger partial charge on any atom is -0.312 e. The van der Waals surface area contributed by atoms with Crippen molar-refractivity contribution in [2.24, 2.45) is 5.73 Å². The van der Waals surface area contributed by atoms with E-state index in [-0.39, 0.29) is 1.43 Å². The maximum Gasteiger partial charge on any atom is 0.118 e. The third-order valence-electron chi connectivity index (χ3n) is 1.30. The largest absolute Gasteiger partial charge is 0.312 e. The summed E-state index contributed by atoms with van der Waals surface area (Å²) in [5, 5.41) is 8.41. The summed E-state index contributed by atoms with van der Waals surface area (Å²) in [5.74, 6) is 0. The molecule has 0 bridgehead atoms. The van der Waals surface area contributed by atoms with E-state index in [2.05, 4.69) is 0 Å². The van der Waals surface area contributed by atoms with E-state index in [1.54, 1.807) is 0 Å². The van der Waals surface area contributed by atoms with Gasteiger partial charge in [-0.3, -0.25) is 0 Å². The number of hydrogen-bond donors (Lipinski definition) is 1. The molecule has 1 atom stereocenters. The summed E-state index contributed by atoms with van der Waals surface area (Å²) in [5.41, 5.74) is 6.30. The van der Waals surface area contributed by atoms with Gasteiger partial charge in [0.2, 0.25) is 0 Å². The van der Waals surface area contributed by atoms with Gasteiger partial charge in [0.25, 0.3) is 0 Å². The Bertz CT molecular complexity index is 241. The molecule has 2 N–H and O–H groups in total. The molecule has 2 nitrogen and oxygen atoms in total. The molecule has 0 aliphatic carbocycles. The van der Waals surface area contributed by atoms with Gasteiger partial charge in [-0.05, 0) is 5.56 Å². The van der Waals surface area contributed by atoms with E-state index in [9.17, 15) is 0 Å². The van der Waals surface area contributed by atoms with E-state index in [1.807, 2.05) is 50.2 Å². The Hall–Kier alpha value is -1.33. The topological polar surface area (TPSA) is 49.8 Å². The summed E-state index contributed by atoms with van der Waals surface area (Å²) in [6, 6.07) is 10.8. The fraction of sp³-hybridized carbons (Fsp3) is 0.300. The van der Waals surface area contributed by atoms with Crippen LogP contribution in [0.3, 0.4) is 0 Å². The first-order valence-corrected chi connectivity index (χ1v) is 4.04. The minimum absolute atomic E-state index is 0. The van der Waals surface area contributed by atoms with Crippen LogP contribution in [0.4, 0.5) is 0 Å². The van der Waals surface area contributed by atoms with E-state index in [1.165, 1.54) is 0 Å². The second-order valence-electron chi connectivity index (χ2n) is 2.02. The van der Waals surface area contributed by atoms with Crippen LogP contribution in [-0.2, 0) is 0 Å². The lowest BCUT2D eigenvalue weighted by molar-refractivity contribution is 0.926. The lowest BCUT2D eigenvalue weighted by atomic mass is 10.1. The first kappa shape index (κ1) is 10.7. The van der Waals surface area contributed by atoms with Gasteiger partial charge in [-0.15, -0.1) is 0 Å². The van der Waals surface area contributed by atoms with Crippen LogP contribution in [0.1, 0.15) is 26.9 Å². The van der Waals surface area contributed by atoms with E-state index in [4.69, 9.17) is 11.0 Å². The molecule has 1 aromatic carbocycles. The van der Waals surface area contributed by atoms with Crippen molar-refractivity contribution in [3.8, 4) is 6.07 Å². The third kappa shape index (κ3) is 3.18. The SMILES string of the molecule is CC.N#CC(N)c1ccccc1.[HH]. The molecule has 0 aromatic heterocycles. The standard InChI is InChI=1S/C8H8N2.C2H6.H2/c9-6-8(10)7-4-2-1-3-5-7;1-2;/h1-5,8H,10H2;1-2H3;1H. The number of nitrogens with two attached hydrogens (primary N) is 1. The molecule has 66 valence electrons. The van der Waals surface area contributed by atoms with Crippen LogP contribution in [0.2, 0.25) is 0 Å². The van der Waals surface area contributed by atoms with Crippen molar-refractivity contribution in [2.75, 3.05) is 0 Å². The number of benzene rings is 1. The van der Waals surface area contributed by atoms with Gasteiger partial charge in [0.15, 0.2) is 0 Å². The Morgan fingerprint density at radius 3 is 2.25 bits per heavy atom. The molecule has 12 heavy (non-hydrogen) atoms. The maximum absolute atomic E-state index is 8.41. The monoisotopic (exact) mass is 164 g/mol. The van der Waals surface area contributed by atoms with E-state index >= 15 is 0 Å². The molecule has 0 aliphatic heterocycles. The second-order valence-corrected chi connectivity index (χ2v) is 2.02. The van der Waals surface area contributed by atoms with Crippen molar-refractivity contribution in [1.29, 1.82) is 5.26 Å². The molecule has 1 unspecified atom stereocenters. The molecular formula is C10H16N2. The first-order valence-electron chi connectivity index (χ1n) is 4.04. The molecule has 0 fully saturated rings. The van der Waals surface area contributed by atoms with Gasteiger partial charge in [0.1, 0.15) is 6.04 Å². The van der Waals surface area contributed by atoms with Crippen LogP contribution in [0, 0.1) is 11.3 Å². The van der Waals surface area contributed by atoms with E-state index in [0.29, 0.717) is 0 Å². The summed E-state index contributed by atoms with van der Waals surface area (Å²) < 4.78 is 0. The quantitative estimate of drug-likeness (QED) is 0.693. The normalized spacial score (nSPS) is 10.5. The Kier molecular flexibility index (Phi) is 5.68. The van der Waals surface area contributed by atoms with Gasteiger partial charge in [-0.25, -0.2) is 0 Å². The van der Waals surface area contributed by atoms with Crippen molar-refractivity contribution >= 4 is 0 Å². The number of rotatable bonds is 1. The Labute approximate surface area is 75.1 Å². The van der Waals surface area contributed by atoms with Crippen molar-refractivity contribution in [3.63, 3.8) is 0 Å². The number of nitriles is 1. The first-order chi connectivity index (χ1) is 5.84. The molecule has 2 heteroatoms. The highest BCUT2D eigenvalue weighted by Gasteiger charge is 1.99. The zero-order valence-corrected chi connectivity index (χ0v) is 7.49. The van der Waals surface area contributed by atoms with Gasteiger partial charge in [-0.2, -0.15) is 5.26 Å². The molecule has 0 spiro atoms. The lowest BCUT2D eigenvalue weighted by Crippen LogP contribution is -2.06. The maximum atomic E-state index is 8.41. The van der Waals surface area contributed by atoms with Crippen LogP contribution < -0.4 is 5.73 Å². The Morgan fingerprint density at radius 1 is 1.33 bits per heavy atom. The van der Waals surface area contributed by atoms with Gasteiger partial charge in [-0.1, -0.05) is 44.2 Å². The summed E-state index contributed by atoms with van der Waals surface area (Å²) >= 11 is 0. The van der Waals surface area contributed by atoms with Crippen molar-refractivity contribution in [1.82, 2.24) is 0 Å². The molecule has 0 saturated heterocycles. The Balaban J connectivity index is 0. The van der Waals surface area contributed by atoms with Gasteiger partial charge < -0.3 is 5.73 Å². The lowest BCUT2D eigenvalue weighted by Gasteiger charge is -1.99. The van der Waals surface area contributed by atoms with Crippen LogP contribution in [-0.4, -0.2) is 0 Å². The fourth-order valence-electron chi connectivity index (χ4n) is 0.735. The van der Waals surface area contributed by atoms with E-state index in [0.717, 1.165) is 5.56 Å². The number of hydrogen-bond acceptors (Lipinski definition) is 2. The fourth-order valence-corrected chi connectivity index (χ4v) is 0.735. The van der Waals surface area contributed by atoms with Crippen LogP contribution >= 0.6 is 0 Å². The van der Waals surface area contributed by atoms with Gasteiger partial charge >= 0.3 is 0 Å². The average molecular weight is 164 g/mol. The molecule has 0 radical (unpaired) electrons. The van der Waals surface area contributed by atoms with Crippen LogP contribution in [0.5, 0.6) is 0 Å². The predicted molar refractivity (Wildman–Crippen MR) is 52.4 cm³/mol. The van der Waals surface area contributed by atoms with E-state index < -0.39 is 6.04 Å².